The minimum absolute atomic E-state index is 0.0181. The minimum atomic E-state index is -0.0615. The lowest BCUT2D eigenvalue weighted by molar-refractivity contribution is -0.134. The highest BCUT2D eigenvalue weighted by molar-refractivity contribution is 5.76. The molecule has 24 heavy (non-hydrogen) atoms. The molecule has 2 aromatic rings. The molecule has 1 aliphatic rings. The number of rotatable bonds is 6. The van der Waals surface area contributed by atoms with Crippen molar-refractivity contribution >= 4 is 5.91 Å². The average Bonchev–Trinajstić information content (AvgIpc) is 3.23. The van der Waals surface area contributed by atoms with Crippen LogP contribution in [-0.2, 0) is 20.8 Å². The van der Waals surface area contributed by atoms with Crippen molar-refractivity contribution in [2.24, 2.45) is 0 Å². The summed E-state index contributed by atoms with van der Waals surface area (Å²) in [5.41, 5.74) is 0.870. The first-order valence-electron chi connectivity index (χ1n) is 7.85. The van der Waals surface area contributed by atoms with Crippen LogP contribution in [0.3, 0.4) is 0 Å². The lowest BCUT2D eigenvalue weighted by Crippen LogP contribution is -2.40. The van der Waals surface area contributed by atoms with Crippen LogP contribution in [-0.4, -0.2) is 70.5 Å². The molecule has 1 aromatic heterocycles. The molecule has 1 amide bonds. The SMILES string of the molecule is COC[C@@H]1C[C@H](OC)CN1C(=O)Cn1nnc(-c2ccccc2)n1. The molecule has 0 radical (unpaired) electrons. The molecule has 0 saturated carbocycles. The van der Waals surface area contributed by atoms with E-state index in [2.05, 4.69) is 15.4 Å². The number of carbonyl (C=O) groups excluding carboxylic acids is 1. The zero-order chi connectivity index (χ0) is 16.9. The number of tetrazole rings is 1. The summed E-state index contributed by atoms with van der Waals surface area (Å²) < 4.78 is 10.6. The van der Waals surface area contributed by atoms with Crippen LogP contribution in [0.25, 0.3) is 11.4 Å². The number of ether oxygens (including phenoxy) is 2. The van der Waals surface area contributed by atoms with Gasteiger partial charge in [0.1, 0.15) is 6.54 Å². The molecule has 0 spiro atoms. The molecule has 1 saturated heterocycles. The molecule has 1 aromatic carbocycles. The lowest BCUT2D eigenvalue weighted by Gasteiger charge is -2.23. The Labute approximate surface area is 140 Å². The molecule has 2 atom stereocenters. The Balaban J connectivity index is 1.67. The molecule has 8 heteroatoms. The predicted molar refractivity (Wildman–Crippen MR) is 86.0 cm³/mol. The van der Waals surface area contributed by atoms with E-state index in [9.17, 15) is 4.79 Å². The van der Waals surface area contributed by atoms with Crippen molar-refractivity contribution in [3.05, 3.63) is 30.3 Å². The predicted octanol–water partition coefficient (Wildman–Crippen LogP) is 0.602. The van der Waals surface area contributed by atoms with Gasteiger partial charge in [0.2, 0.25) is 11.7 Å². The van der Waals surface area contributed by atoms with E-state index in [0.29, 0.717) is 19.0 Å². The first-order chi connectivity index (χ1) is 11.7. The molecular weight excluding hydrogens is 310 g/mol. The number of benzene rings is 1. The standard InChI is InChI=1S/C16H21N5O3/c1-23-11-13-8-14(24-2)9-20(13)15(22)10-21-18-16(17-19-21)12-6-4-3-5-7-12/h3-7,13-14H,8-11H2,1-2H3/t13-,14-/m0/s1. The molecule has 0 aliphatic carbocycles. The fourth-order valence-corrected chi connectivity index (χ4v) is 2.93. The van der Waals surface area contributed by atoms with E-state index in [0.717, 1.165) is 12.0 Å². The quantitative estimate of drug-likeness (QED) is 0.771. The highest BCUT2D eigenvalue weighted by atomic mass is 16.5. The lowest BCUT2D eigenvalue weighted by atomic mass is 10.2. The van der Waals surface area contributed by atoms with E-state index < -0.39 is 0 Å². The highest BCUT2D eigenvalue weighted by Crippen LogP contribution is 2.21. The summed E-state index contributed by atoms with van der Waals surface area (Å²) in [6, 6.07) is 9.57. The molecule has 128 valence electrons. The van der Waals surface area contributed by atoms with Crippen LogP contribution in [0.5, 0.6) is 0 Å². The summed E-state index contributed by atoms with van der Waals surface area (Å²) in [5.74, 6) is 0.446. The number of hydrogen-bond donors (Lipinski definition) is 0. The third-order valence-electron chi connectivity index (χ3n) is 4.15. The van der Waals surface area contributed by atoms with Crippen molar-refractivity contribution in [1.29, 1.82) is 0 Å². The smallest absolute Gasteiger partial charge is 0.246 e. The topological polar surface area (TPSA) is 82.4 Å². The molecule has 1 aliphatic heterocycles. The summed E-state index contributed by atoms with van der Waals surface area (Å²) in [4.78, 5) is 15.7. The molecule has 2 heterocycles. The molecule has 0 N–H and O–H groups in total. The van der Waals surface area contributed by atoms with Gasteiger partial charge in [0.05, 0.1) is 18.8 Å². The van der Waals surface area contributed by atoms with Crippen LogP contribution in [0.1, 0.15) is 6.42 Å². The van der Waals surface area contributed by atoms with Crippen molar-refractivity contribution < 1.29 is 14.3 Å². The fourth-order valence-electron chi connectivity index (χ4n) is 2.93. The Morgan fingerprint density at radius 2 is 2.08 bits per heavy atom. The van der Waals surface area contributed by atoms with E-state index >= 15 is 0 Å². The van der Waals surface area contributed by atoms with Crippen LogP contribution in [0.4, 0.5) is 0 Å². The van der Waals surface area contributed by atoms with E-state index in [4.69, 9.17) is 9.47 Å². The number of nitrogens with zero attached hydrogens (tertiary/aromatic N) is 5. The number of aromatic nitrogens is 4. The number of likely N-dealkylation sites (tertiary alicyclic amines) is 1. The maximum Gasteiger partial charge on any atom is 0.246 e. The van der Waals surface area contributed by atoms with Gasteiger partial charge in [-0.3, -0.25) is 4.79 Å². The van der Waals surface area contributed by atoms with Crippen molar-refractivity contribution in [3.63, 3.8) is 0 Å². The van der Waals surface area contributed by atoms with Crippen LogP contribution >= 0.6 is 0 Å². The number of hydrogen-bond acceptors (Lipinski definition) is 6. The van der Waals surface area contributed by atoms with Crippen molar-refractivity contribution in [1.82, 2.24) is 25.1 Å². The number of amides is 1. The maximum absolute atomic E-state index is 12.6. The Kier molecular flexibility index (Phi) is 5.17. The molecule has 0 unspecified atom stereocenters. The Morgan fingerprint density at radius 3 is 2.79 bits per heavy atom. The van der Waals surface area contributed by atoms with Gasteiger partial charge < -0.3 is 14.4 Å². The zero-order valence-corrected chi connectivity index (χ0v) is 13.8. The van der Waals surface area contributed by atoms with Crippen LogP contribution in [0.2, 0.25) is 0 Å². The van der Waals surface area contributed by atoms with Crippen molar-refractivity contribution in [3.8, 4) is 11.4 Å². The van der Waals surface area contributed by atoms with Crippen molar-refractivity contribution in [2.45, 2.75) is 25.1 Å². The first-order valence-corrected chi connectivity index (χ1v) is 7.85. The fraction of sp³-hybridized carbons (Fsp3) is 0.500. The number of carbonyl (C=O) groups is 1. The second kappa shape index (κ2) is 7.50. The maximum atomic E-state index is 12.6. The van der Waals surface area contributed by atoms with E-state index in [-0.39, 0.29) is 24.6 Å². The molecule has 0 bridgehead atoms. The Hall–Kier alpha value is -2.32. The largest absolute Gasteiger partial charge is 0.383 e. The van der Waals surface area contributed by atoms with Gasteiger partial charge >= 0.3 is 0 Å². The summed E-state index contributed by atoms with van der Waals surface area (Å²) in [6.07, 6.45) is 0.813. The minimum Gasteiger partial charge on any atom is -0.383 e. The van der Waals surface area contributed by atoms with Gasteiger partial charge in [0.25, 0.3) is 0 Å². The molecule has 8 nitrogen and oxygen atoms in total. The Morgan fingerprint density at radius 1 is 1.29 bits per heavy atom. The molecule has 1 fully saturated rings. The first kappa shape index (κ1) is 16.5. The summed E-state index contributed by atoms with van der Waals surface area (Å²) in [6.45, 7) is 1.10. The monoisotopic (exact) mass is 331 g/mol. The third-order valence-corrected chi connectivity index (χ3v) is 4.15. The van der Waals surface area contributed by atoms with Crippen LogP contribution in [0, 0.1) is 0 Å². The highest BCUT2D eigenvalue weighted by Gasteiger charge is 2.35. The van der Waals surface area contributed by atoms with Crippen LogP contribution < -0.4 is 0 Å². The van der Waals surface area contributed by atoms with Gasteiger partial charge in [-0.25, -0.2) is 0 Å². The molecule has 3 rings (SSSR count). The van der Waals surface area contributed by atoms with Gasteiger partial charge in [-0.1, -0.05) is 30.3 Å². The third kappa shape index (κ3) is 3.60. The van der Waals surface area contributed by atoms with Gasteiger partial charge in [-0.05, 0) is 11.6 Å². The zero-order valence-electron chi connectivity index (χ0n) is 13.8. The van der Waals surface area contributed by atoms with E-state index in [1.54, 1.807) is 19.1 Å². The van der Waals surface area contributed by atoms with E-state index in [1.807, 2.05) is 30.3 Å². The van der Waals surface area contributed by atoms with Gasteiger partial charge in [0, 0.05) is 26.3 Å². The van der Waals surface area contributed by atoms with Crippen LogP contribution in [0.15, 0.2) is 30.3 Å². The molecular formula is C16H21N5O3. The second-order valence-corrected chi connectivity index (χ2v) is 5.76. The van der Waals surface area contributed by atoms with Crippen molar-refractivity contribution in [2.75, 3.05) is 27.4 Å². The number of methoxy groups -OCH3 is 2. The normalized spacial score (nSPS) is 20.5. The summed E-state index contributed by atoms with van der Waals surface area (Å²) >= 11 is 0. The average molecular weight is 331 g/mol. The Bertz CT molecular complexity index is 675. The van der Waals surface area contributed by atoms with E-state index in [1.165, 1.54) is 4.80 Å². The van der Waals surface area contributed by atoms with Gasteiger partial charge in [-0.2, -0.15) is 4.80 Å². The van der Waals surface area contributed by atoms with Gasteiger partial charge in [0.15, 0.2) is 0 Å². The van der Waals surface area contributed by atoms with Gasteiger partial charge in [-0.15, -0.1) is 10.2 Å². The summed E-state index contributed by atoms with van der Waals surface area (Å²) in [7, 11) is 3.29. The second-order valence-electron chi connectivity index (χ2n) is 5.76. The summed E-state index contributed by atoms with van der Waals surface area (Å²) in [5, 5.41) is 12.3.